The molecule has 4 rings (SSSR count). The van der Waals surface area contributed by atoms with E-state index in [0.717, 1.165) is 11.0 Å². The summed E-state index contributed by atoms with van der Waals surface area (Å²) in [6.07, 6.45) is 0.383. The van der Waals surface area contributed by atoms with E-state index in [4.69, 9.17) is 9.47 Å². The first-order chi connectivity index (χ1) is 17.7. The number of ether oxygens (including phenoxy) is 2. The van der Waals surface area contributed by atoms with Crippen LogP contribution in [0, 0.1) is 10.1 Å². The van der Waals surface area contributed by atoms with E-state index in [2.05, 4.69) is 0 Å². The zero-order valence-electron chi connectivity index (χ0n) is 20.5. The molecular weight excluding hydrogens is 484 g/mol. The molecule has 4 amide bonds. The largest absolute Gasteiger partial charge is 0.493 e. The van der Waals surface area contributed by atoms with Crippen LogP contribution in [0.5, 0.6) is 11.5 Å². The summed E-state index contributed by atoms with van der Waals surface area (Å²) in [5.41, 5.74) is 0.322. The maximum Gasteiger partial charge on any atom is 0.270 e. The number of fused-ring (bicyclic) bond motifs is 1. The second kappa shape index (κ2) is 10.6. The van der Waals surface area contributed by atoms with Crippen LogP contribution in [0.25, 0.3) is 0 Å². The Hall–Kier alpha value is -4.48. The van der Waals surface area contributed by atoms with E-state index >= 15 is 0 Å². The number of amides is 4. The molecule has 0 radical (unpaired) electrons. The quantitative estimate of drug-likeness (QED) is 0.298. The van der Waals surface area contributed by atoms with Crippen molar-refractivity contribution >= 4 is 29.3 Å². The van der Waals surface area contributed by atoms with Crippen LogP contribution in [-0.4, -0.2) is 90.2 Å². The molecule has 2 heterocycles. The van der Waals surface area contributed by atoms with Crippen molar-refractivity contribution in [2.45, 2.75) is 12.8 Å². The fourth-order valence-electron chi connectivity index (χ4n) is 4.45. The van der Waals surface area contributed by atoms with Crippen molar-refractivity contribution in [1.29, 1.82) is 0 Å². The minimum Gasteiger partial charge on any atom is -0.493 e. The average molecular weight is 511 g/mol. The molecule has 12 nitrogen and oxygen atoms in total. The molecular formula is C25H26N4O8. The minimum absolute atomic E-state index is 0.000737. The highest BCUT2D eigenvalue weighted by molar-refractivity contribution is 6.21. The SMILES string of the molecule is COc1ccc(C(=O)N2CCN(C(=O)CCCN3C(=O)c4ccc([N+](=O)[O-])cc4C3=O)CC2)cc1OC. The molecule has 0 aromatic heterocycles. The van der Waals surface area contributed by atoms with Crippen LogP contribution in [-0.2, 0) is 4.79 Å². The maximum absolute atomic E-state index is 12.9. The molecule has 0 spiro atoms. The van der Waals surface area contributed by atoms with Crippen molar-refractivity contribution in [2.24, 2.45) is 0 Å². The summed E-state index contributed by atoms with van der Waals surface area (Å²) in [6.45, 7) is 1.51. The summed E-state index contributed by atoms with van der Waals surface area (Å²) in [5.74, 6) is -0.442. The third-order valence-electron chi connectivity index (χ3n) is 6.49. The summed E-state index contributed by atoms with van der Waals surface area (Å²) in [5, 5.41) is 11.0. The standard InChI is InChI=1S/C25H26N4O8/c1-36-20-8-5-16(14-21(20)37-2)23(31)27-12-10-26(11-13-27)22(30)4-3-9-28-24(32)18-7-6-17(29(34)35)15-19(18)25(28)33/h5-8,14-15H,3-4,9-13H2,1-2H3. The number of methoxy groups -OCH3 is 2. The van der Waals surface area contributed by atoms with Crippen LogP contribution in [0.1, 0.15) is 43.9 Å². The molecule has 2 aliphatic heterocycles. The van der Waals surface area contributed by atoms with E-state index in [1.54, 1.807) is 28.0 Å². The Bertz CT molecular complexity index is 1270. The Balaban J connectivity index is 1.27. The minimum atomic E-state index is -0.624. The molecule has 2 aromatic rings. The number of imide groups is 1. The number of nitro groups is 1. The Morgan fingerprint density at radius 1 is 0.892 bits per heavy atom. The second-order valence-corrected chi connectivity index (χ2v) is 8.60. The third-order valence-corrected chi connectivity index (χ3v) is 6.49. The molecule has 1 saturated heterocycles. The van der Waals surface area contributed by atoms with Gasteiger partial charge in [-0.25, -0.2) is 0 Å². The van der Waals surface area contributed by atoms with Gasteiger partial charge in [0.05, 0.1) is 30.3 Å². The third kappa shape index (κ3) is 5.08. The van der Waals surface area contributed by atoms with Gasteiger partial charge in [0, 0.05) is 56.8 Å². The Morgan fingerprint density at radius 3 is 2.19 bits per heavy atom. The van der Waals surface area contributed by atoms with Gasteiger partial charge in [-0.15, -0.1) is 0 Å². The van der Waals surface area contributed by atoms with Crippen LogP contribution in [0.3, 0.4) is 0 Å². The highest BCUT2D eigenvalue weighted by Crippen LogP contribution is 2.29. The van der Waals surface area contributed by atoms with E-state index < -0.39 is 16.7 Å². The Morgan fingerprint density at radius 2 is 1.54 bits per heavy atom. The summed E-state index contributed by atoms with van der Waals surface area (Å²) in [7, 11) is 3.01. The van der Waals surface area contributed by atoms with Crippen LogP contribution < -0.4 is 9.47 Å². The van der Waals surface area contributed by atoms with Gasteiger partial charge in [0.2, 0.25) is 5.91 Å². The number of nitro benzene ring substituents is 1. The Labute approximate surface area is 212 Å². The number of carbonyl (C=O) groups excluding carboxylic acids is 4. The van der Waals surface area contributed by atoms with Crippen molar-refractivity contribution in [3.8, 4) is 11.5 Å². The summed E-state index contributed by atoms with van der Waals surface area (Å²) < 4.78 is 10.5. The molecule has 0 unspecified atom stereocenters. The lowest BCUT2D eigenvalue weighted by molar-refractivity contribution is -0.384. The van der Waals surface area contributed by atoms with Crippen LogP contribution >= 0.6 is 0 Å². The average Bonchev–Trinajstić information content (AvgIpc) is 3.16. The van der Waals surface area contributed by atoms with Crippen molar-refractivity contribution in [2.75, 3.05) is 46.9 Å². The predicted molar refractivity (Wildman–Crippen MR) is 130 cm³/mol. The summed E-state index contributed by atoms with van der Waals surface area (Å²) in [6, 6.07) is 8.52. The fourth-order valence-corrected chi connectivity index (χ4v) is 4.45. The molecule has 2 aliphatic rings. The monoisotopic (exact) mass is 510 g/mol. The van der Waals surface area contributed by atoms with Gasteiger partial charge >= 0.3 is 0 Å². The summed E-state index contributed by atoms with van der Waals surface area (Å²) >= 11 is 0. The molecule has 0 N–H and O–H groups in total. The number of non-ortho nitro benzene ring substituents is 1. The lowest BCUT2D eigenvalue weighted by Gasteiger charge is -2.35. The van der Waals surface area contributed by atoms with Crippen LogP contribution in [0.2, 0.25) is 0 Å². The van der Waals surface area contributed by atoms with Gasteiger partial charge in [-0.2, -0.15) is 0 Å². The number of rotatable bonds is 8. The molecule has 0 saturated carbocycles. The van der Waals surface area contributed by atoms with Crippen LogP contribution in [0.4, 0.5) is 5.69 Å². The van der Waals surface area contributed by atoms with Gasteiger partial charge in [0.25, 0.3) is 23.4 Å². The van der Waals surface area contributed by atoms with E-state index in [9.17, 15) is 29.3 Å². The van der Waals surface area contributed by atoms with Gasteiger partial charge in [-0.3, -0.25) is 34.2 Å². The molecule has 194 valence electrons. The Kier molecular flexibility index (Phi) is 7.37. The maximum atomic E-state index is 12.9. The van der Waals surface area contributed by atoms with Crippen molar-refractivity contribution in [3.05, 3.63) is 63.2 Å². The van der Waals surface area contributed by atoms with Gasteiger partial charge in [0.1, 0.15) is 0 Å². The molecule has 0 atom stereocenters. The number of carbonyl (C=O) groups is 4. The lowest BCUT2D eigenvalue weighted by atomic mass is 10.1. The lowest BCUT2D eigenvalue weighted by Crippen LogP contribution is -2.50. The fraction of sp³-hybridized carbons (Fsp3) is 0.360. The smallest absolute Gasteiger partial charge is 0.270 e. The first-order valence-electron chi connectivity index (χ1n) is 11.7. The zero-order valence-corrected chi connectivity index (χ0v) is 20.5. The molecule has 37 heavy (non-hydrogen) atoms. The number of piperazine rings is 1. The highest BCUT2D eigenvalue weighted by Gasteiger charge is 2.36. The summed E-state index contributed by atoms with van der Waals surface area (Å²) in [4.78, 5) is 65.4. The molecule has 0 bridgehead atoms. The van der Waals surface area contributed by atoms with Crippen LogP contribution in [0.15, 0.2) is 36.4 Å². The molecule has 2 aromatic carbocycles. The van der Waals surface area contributed by atoms with E-state index in [1.165, 1.54) is 26.4 Å². The number of hydrogen-bond donors (Lipinski definition) is 0. The van der Waals surface area contributed by atoms with Crippen molar-refractivity contribution < 1.29 is 33.6 Å². The second-order valence-electron chi connectivity index (χ2n) is 8.60. The predicted octanol–water partition coefficient (Wildman–Crippen LogP) is 1.97. The normalized spacial score (nSPS) is 15.0. The van der Waals surface area contributed by atoms with Gasteiger partial charge in [-0.1, -0.05) is 0 Å². The highest BCUT2D eigenvalue weighted by atomic mass is 16.6. The molecule has 0 aliphatic carbocycles. The van der Waals surface area contributed by atoms with Crippen molar-refractivity contribution in [3.63, 3.8) is 0 Å². The van der Waals surface area contributed by atoms with Crippen molar-refractivity contribution in [1.82, 2.24) is 14.7 Å². The van der Waals surface area contributed by atoms with E-state index in [-0.39, 0.29) is 48.0 Å². The molecule has 1 fully saturated rings. The van der Waals surface area contributed by atoms with Gasteiger partial charge in [-0.05, 0) is 30.7 Å². The van der Waals surface area contributed by atoms with Gasteiger partial charge < -0.3 is 19.3 Å². The van der Waals surface area contributed by atoms with E-state index in [1.807, 2.05) is 0 Å². The number of hydrogen-bond acceptors (Lipinski definition) is 8. The topological polar surface area (TPSA) is 140 Å². The zero-order chi connectivity index (χ0) is 26.7. The first kappa shape index (κ1) is 25.6. The first-order valence-corrected chi connectivity index (χ1v) is 11.7. The number of benzene rings is 2. The van der Waals surface area contributed by atoms with E-state index in [0.29, 0.717) is 43.2 Å². The number of nitrogens with zero attached hydrogens (tertiary/aromatic N) is 4. The molecule has 12 heteroatoms. The van der Waals surface area contributed by atoms with Gasteiger partial charge in [0.15, 0.2) is 11.5 Å².